The molecule has 1 amide bonds. The molecule has 1 aliphatic heterocycles. The average Bonchev–Trinajstić information content (AvgIpc) is 2.44. The van der Waals surface area contributed by atoms with Gasteiger partial charge in [-0.1, -0.05) is 24.3 Å². The molecule has 2 rings (SSSR count). The molecule has 120 valence electrons. The predicted octanol–water partition coefficient (Wildman–Crippen LogP) is 3.08. The fourth-order valence-corrected chi connectivity index (χ4v) is 2.52. The molecule has 0 bridgehead atoms. The molecule has 0 saturated heterocycles. The molecule has 0 fully saturated rings. The van der Waals surface area contributed by atoms with Crippen LogP contribution in [0, 0.1) is 0 Å². The van der Waals surface area contributed by atoms with E-state index < -0.39 is 17.6 Å². The van der Waals surface area contributed by atoms with Gasteiger partial charge >= 0.3 is 12.1 Å². The van der Waals surface area contributed by atoms with E-state index >= 15 is 0 Å². The summed E-state index contributed by atoms with van der Waals surface area (Å²) >= 11 is 0. The molecule has 0 aliphatic carbocycles. The highest BCUT2D eigenvalue weighted by Gasteiger charge is 2.35. The van der Waals surface area contributed by atoms with E-state index in [2.05, 4.69) is 0 Å². The highest BCUT2D eigenvalue weighted by atomic mass is 16.6. The van der Waals surface area contributed by atoms with Gasteiger partial charge in [-0.15, -0.1) is 0 Å². The zero-order chi connectivity index (χ0) is 16.3. The van der Waals surface area contributed by atoms with E-state index in [1.807, 2.05) is 45.0 Å². The maximum atomic E-state index is 12.3. The van der Waals surface area contributed by atoms with Gasteiger partial charge in [0.05, 0.1) is 12.5 Å². The molecule has 0 saturated carbocycles. The van der Waals surface area contributed by atoms with Gasteiger partial charge in [-0.2, -0.15) is 0 Å². The number of esters is 1. The third-order valence-electron chi connectivity index (χ3n) is 3.42. The van der Waals surface area contributed by atoms with Crippen LogP contribution in [0.15, 0.2) is 24.3 Å². The first-order valence-electron chi connectivity index (χ1n) is 7.54. The Morgan fingerprint density at radius 1 is 1.27 bits per heavy atom. The van der Waals surface area contributed by atoms with Crippen molar-refractivity contribution in [3.05, 3.63) is 35.4 Å². The van der Waals surface area contributed by atoms with Crippen LogP contribution in [0.2, 0.25) is 0 Å². The van der Waals surface area contributed by atoms with Gasteiger partial charge in [0, 0.05) is 13.1 Å². The van der Waals surface area contributed by atoms with Gasteiger partial charge in [-0.3, -0.25) is 4.79 Å². The maximum absolute atomic E-state index is 12.3. The van der Waals surface area contributed by atoms with Gasteiger partial charge in [0.1, 0.15) is 5.60 Å². The van der Waals surface area contributed by atoms with Crippen molar-refractivity contribution in [1.29, 1.82) is 0 Å². The number of hydrogen-bond acceptors (Lipinski definition) is 4. The summed E-state index contributed by atoms with van der Waals surface area (Å²) in [6.07, 6.45) is -0.406. The van der Waals surface area contributed by atoms with E-state index in [1.165, 1.54) is 0 Å². The van der Waals surface area contributed by atoms with E-state index in [1.54, 1.807) is 11.8 Å². The molecule has 0 spiro atoms. The molecular weight excluding hydrogens is 282 g/mol. The Bertz CT molecular complexity index is 562. The summed E-state index contributed by atoms with van der Waals surface area (Å²) in [6.45, 7) is 8.30. The molecule has 1 heterocycles. The summed E-state index contributed by atoms with van der Waals surface area (Å²) in [5.41, 5.74) is 1.33. The van der Waals surface area contributed by atoms with Crippen molar-refractivity contribution >= 4 is 12.1 Å². The summed E-state index contributed by atoms with van der Waals surface area (Å²) in [4.78, 5) is 26.1. The smallest absolute Gasteiger partial charge is 0.410 e. The minimum atomic E-state index is -0.562. The SMILES string of the molecule is CCOC(=O)[C@H]1CN(C(=O)OC(C)(C)C)Cc2ccccc21. The standard InChI is InChI=1S/C17H23NO4/c1-5-21-15(19)14-11-18(16(20)22-17(2,3)4)10-12-8-6-7-9-13(12)14/h6-9,14H,5,10-11H2,1-4H3/t14-/m0/s1. The lowest BCUT2D eigenvalue weighted by Crippen LogP contribution is -2.43. The van der Waals surface area contributed by atoms with E-state index in [9.17, 15) is 9.59 Å². The van der Waals surface area contributed by atoms with Gasteiger partial charge in [0.2, 0.25) is 0 Å². The zero-order valence-corrected chi connectivity index (χ0v) is 13.6. The molecule has 0 unspecified atom stereocenters. The van der Waals surface area contributed by atoms with Crippen LogP contribution in [-0.4, -0.2) is 35.7 Å². The van der Waals surface area contributed by atoms with Crippen LogP contribution in [0.1, 0.15) is 44.7 Å². The van der Waals surface area contributed by atoms with Crippen molar-refractivity contribution in [3.63, 3.8) is 0 Å². The number of fused-ring (bicyclic) bond motifs is 1. The number of carbonyl (C=O) groups is 2. The van der Waals surface area contributed by atoms with Crippen LogP contribution in [-0.2, 0) is 20.8 Å². The van der Waals surface area contributed by atoms with Gasteiger partial charge in [0.15, 0.2) is 0 Å². The average molecular weight is 305 g/mol. The third kappa shape index (κ3) is 3.78. The number of amides is 1. The molecule has 1 aromatic rings. The molecule has 22 heavy (non-hydrogen) atoms. The second kappa shape index (κ2) is 6.38. The second-order valence-corrected chi connectivity index (χ2v) is 6.36. The number of ether oxygens (including phenoxy) is 2. The first kappa shape index (κ1) is 16.3. The Hall–Kier alpha value is -2.04. The minimum Gasteiger partial charge on any atom is -0.465 e. The minimum absolute atomic E-state index is 0.283. The normalized spacial score (nSPS) is 17.6. The van der Waals surface area contributed by atoms with Crippen LogP contribution < -0.4 is 0 Å². The van der Waals surface area contributed by atoms with E-state index in [0.29, 0.717) is 13.2 Å². The van der Waals surface area contributed by atoms with Crippen LogP contribution >= 0.6 is 0 Å². The van der Waals surface area contributed by atoms with Crippen molar-refractivity contribution in [2.75, 3.05) is 13.2 Å². The summed E-state index contributed by atoms with van der Waals surface area (Å²) in [5, 5.41) is 0. The van der Waals surface area contributed by atoms with Crippen LogP contribution in [0.4, 0.5) is 4.79 Å². The largest absolute Gasteiger partial charge is 0.465 e. The fraction of sp³-hybridized carbons (Fsp3) is 0.529. The van der Waals surface area contributed by atoms with Crippen LogP contribution in [0.5, 0.6) is 0 Å². The Labute approximate surface area is 131 Å². The summed E-state index contributed by atoms with van der Waals surface area (Å²) < 4.78 is 10.6. The Morgan fingerprint density at radius 2 is 1.95 bits per heavy atom. The van der Waals surface area contributed by atoms with E-state index in [0.717, 1.165) is 11.1 Å². The number of benzene rings is 1. The van der Waals surface area contributed by atoms with Crippen molar-refractivity contribution in [1.82, 2.24) is 4.90 Å². The molecule has 0 aromatic heterocycles. The molecule has 0 N–H and O–H groups in total. The molecular formula is C17H23NO4. The lowest BCUT2D eigenvalue weighted by Gasteiger charge is -2.34. The topological polar surface area (TPSA) is 55.8 Å². The lowest BCUT2D eigenvalue weighted by molar-refractivity contribution is -0.145. The zero-order valence-electron chi connectivity index (χ0n) is 13.6. The first-order chi connectivity index (χ1) is 10.3. The second-order valence-electron chi connectivity index (χ2n) is 6.36. The van der Waals surface area contributed by atoms with Gasteiger partial charge in [-0.25, -0.2) is 4.79 Å². The van der Waals surface area contributed by atoms with Crippen molar-refractivity contribution in [2.45, 2.75) is 45.8 Å². The van der Waals surface area contributed by atoms with Gasteiger partial charge in [0.25, 0.3) is 0 Å². The van der Waals surface area contributed by atoms with E-state index in [4.69, 9.17) is 9.47 Å². The molecule has 1 atom stereocenters. The van der Waals surface area contributed by atoms with Gasteiger partial charge in [-0.05, 0) is 38.8 Å². The third-order valence-corrected chi connectivity index (χ3v) is 3.42. The number of rotatable bonds is 2. The summed E-state index contributed by atoms with van der Waals surface area (Å²) in [6, 6.07) is 7.65. The Kier molecular flexibility index (Phi) is 4.74. The van der Waals surface area contributed by atoms with Crippen molar-refractivity contribution < 1.29 is 19.1 Å². The Balaban J connectivity index is 2.24. The first-order valence-corrected chi connectivity index (χ1v) is 7.54. The number of nitrogens with zero attached hydrogens (tertiary/aromatic N) is 1. The molecule has 1 aliphatic rings. The summed E-state index contributed by atoms with van der Waals surface area (Å²) in [5.74, 6) is -0.763. The molecule has 5 nitrogen and oxygen atoms in total. The Morgan fingerprint density at radius 3 is 2.59 bits per heavy atom. The van der Waals surface area contributed by atoms with Crippen molar-refractivity contribution in [3.8, 4) is 0 Å². The summed E-state index contributed by atoms with van der Waals surface area (Å²) in [7, 11) is 0. The molecule has 0 radical (unpaired) electrons. The van der Waals surface area contributed by atoms with Crippen LogP contribution in [0.3, 0.4) is 0 Å². The monoisotopic (exact) mass is 305 g/mol. The number of hydrogen-bond donors (Lipinski definition) is 0. The number of carbonyl (C=O) groups excluding carboxylic acids is 2. The maximum Gasteiger partial charge on any atom is 0.410 e. The molecule has 5 heteroatoms. The quantitative estimate of drug-likeness (QED) is 0.788. The molecule has 1 aromatic carbocycles. The predicted molar refractivity (Wildman–Crippen MR) is 82.5 cm³/mol. The van der Waals surface area contributed by atoms with Crippen LogP contribution in [0.25, 0.3) is 0 Å². The highest BCUT2D eigenvalue weighted by molar-refractivity contribution is 5.81. The van der Waals surface area contributed by atoms with Crippen molar-refractivity contribution in [2.24, 2.45) is 0 Å². The lowest BCUT2D eigenvalue weighted by atomic mass is 9.90. The van der Waals surface area contributed by atoms with Gasteiger partial charge < -0.3 is 14.4 Å². The highest BCUT2D eigenvalue weighted by Crippen LogP contribution is 2.30. The van der Waals surface area contributed by atoms with E-state index in [-0.39, 0.29) is 12.5 Å². The fourth-order valence-electron chi connectivity index (χ4n) is 2.52.